The highest BCUT2D eigenvalue weighted by Crippen LogP contribution is 2.15. The first-order chi connectivity index (χ1) is 11.5. The number of nitrogens with one attached hydrogen (secondary N) is 2. The van der Waals surface area contributed by atoms with Gasteiger partial charge in [-0.15, -0.1) is 0 Å². The number of hydrogen-bond donors (Lipinski definition) is 2. The molecule has 0 saturated carbocycles. The number of hydrogen-bond acceptors (Lipinski definition) is 4. The first-order valence-electron chi connectivity index (χ1n) is 7.50. The van der Waals surface area contributed by atoms with Gasteiger partial charge in [0.2, 0.25) is 0 Å². The van der Waals surface area contributed by atoms with Crippen LogP contribution in [0.3, 0.4) is 0 Å². The van der Waals surface area contributed by atoms with Crippen LogP contribution in [0.5, 0.6) is 0 Å². The number of benzene rings is 1. The number of aromatic nitrogens is 4. The Kier molecular flexibility index (Phi) is 4.24. The van der Waals surface area contributed by atoms with E-state index in [1.54, 1.807) is 24.0 Å². The molecule has 0 aliphatic heterocycles. The van der Waals surface area contributed by atoms with Crippen molar-refractivity contribution in [3.05, 3.63) is 76.2 Å². The number of rotatable bonds is 4. The highest BCUT2D eigenvalue weighted by atomic mass is 16.2. The van der Waals surface area contributed by atoms with Gasteiger partial charge in [0.15, 0.2) is 0 Å². The summed E-state index contributed by atoms with van der Waals surface area (Å²) in [6.07, 6.45) is 3.08. The quantitative estimate of drug-likeness (QED) is 0.765. The molecule has 3 aromatic rings. The van der Waals surface area contributed by atoms with Crippen molar-refractivity contribution >= 4 is 5.91 Å². The Balaban J connectivity index is 1.73. The van der Waals surface area contributed by atoms with E-state index < -0.39 is 5.91 Å². The fourth-order valence-electron chi connectivity index (χ4n) is 2.37. The Morgan fingerprint density at radius 2 is 1.96 bits per heavy atom. The van der Waals surface area contributed by atoms with Crippen molar-refractivity contribution in [1.29, 1.82) is 0 Å². The molecule has 122 valence electrons. The zero-order chi connectivity index (χ0) is 17.1. The summed E-state index contributed by atoms with van der Waals surface area (Å²) in [7, 11) is 0. The molecular formula is C17H17N5O2. The molecule has 2 aromatic heterocycles. The molecule has 1 amide bonds. The Morgan fingerprint density at radius 3 is 2.58 bits per heavy atom. The lowest BCUT2D eigenvalue weighted by Gasteiger charge is -2.14. The summed E-state index contributed by atoms with van der Waals surface area (Å²) < 4.78 is 1.65. The summed E-state index contributed by atoms with van der Waals surface area (Å²) in [6.45, 7) is 3.63. The number of aromatic amines is 1. The van der Waals surface area contributed by atoms with Crippen LogP contribution in [0.4, 0.5) is 0 Å². The topological polar surface area (TPSA) is 92.7 Å². The third kappa shape index (κ3) is 3.24. The zero-order valence-electron chi connectivity index (χ0n) is 13.4. The van der Waals surface area contributed by atoms with Crippen molar-refractivity contribution in [3.8, 4) is 5.69 Å². The van der Waals surface area contributed by atoms with Crippen LogP contribution in [0.2, 0.25) is 0 Å². The van der Waals surface area contributed by atoms with Crippen molar-refractivity contribution in [3.63, 3.8) is 0 Å². The number of carbonyl (C=O) groups is 1. The lowest BCUT2D eigenvalue weighted by molar-refractivity contribution is 0.0938. The minimum absolute atomic E-state index is 0.103. The second-order valence-electron chi connectivity index (χ2n) is 5.51. The smallest absolute Gasteiger partial charge is 0.260 e. The van der Waals surface area contributed by atoms with Gasteiger partial charge in [-0.25, -0.2) is 9.67 Å². The minimum atomic E-state index is -0.399. The van der Waals surface area contributed by atoms with Gasteiger partial charge in [-0.3, -0.25) is 9.59 Å². The fourth-order valence-corrected chi connectivity index (χ4v) is 2.37. The highest BCUT2D eigenvalue weighted by molar-refractivity contribution is 5.94. The van der Waals surface area contributed by atoms with Gasteiger partial charge in [0.25, 0.3) is 11.5 Å². The molecule has 2 heterocycles. The zero-order valence-corrected chi connectivity index (χ0v) is 13.4. The van der Waals surface area contributed by atoms with E-state index in [9.17, 15) is 9.59 Å². The SMILES string of the molecule is Cc1ccc(C(=O)N[C@H](C)c2ccc(-n3cncn3)cc2)c(=O)[nH]1. The molecule has 3 rings (SSSR count). The number of pyridine rings is 1. The van der Waals surface area contributed by atoms with Crippen molar-refractivity contribution in [2.24, 2.45) is 0 Å². The number of aryl methyl sites for hydroxylation is 1. The van der Waals surface area contributed by atoms with Crippen LogP contribution in [-0.4, -0.2) is 25.7 Å². The summed E-state index contributed by atoms with van der Waals surface area (Å²) >= 11 is 0. The lowest BCUT2D eigenvalue weighted by atomic mass is 10.1. The Bertz CT molecular complexity index is 897. The maximum atomic E-state index is 12.3. The molecule has 24 heavy (non-hydrogen) atoms. The monoisotopic (exact) mass is 323 g/mol. The van der Waals surface area contributed by atoms with Crippen LogP contribution in [-0.2, 0) is 0 Å². The third-order valence-corrected chi connectivity index (χ3v) is 3.72. The van der Waals surface area contributed by atoms with Gasteiger partial charge in [0, 0.05) is 5.69 Å². The predicted molar refractivity (Wildman–Crippen MR) is 89.0 cm³/mol. The lowest BCUT2D eigenvalue weighted by Crippen LogP contribution is -2.31. The molecule has 0 aliphatic rings. The molecule has 0 bridgehead atoms. The average molecular weight is 323 g/mol. The van der Waals surface area contributed by atoms with Crippen LogP contribution in [0.1, 0.15) is 34.6 Å². The highest BCUT2D eigenvalue weighted by Gasteiger charge is 2.14. The summed E-state index contributed by atoms with van der Waals surface area (Å²) in [5.41, 5.74) is 2.24. The molecule has 0 fully saturated rings. The minimum Gasteiger partial charge on any atom is -0.345 e. The predicted octanol–water partition coefficient (Wildman–Crippen LogP) is 1.76. The van der Waals surface area contributed by atoms with E-state index in [1.807, 2.05) is 31.2 Å². The van der Waals surface area contributed by atoms with Crippen molar-refractivity contribution < 1.29 is 4.79 Å². The van der Waals surface area contributed by atoms with Gasteiger partial charge in [-0.2, -0.15) is 5.10 Å². The Morgan fingerprint density at radius 1 is 1.21 bits per heavy atom. The molecule has 0 spiro atoms. The second kappa shape index (κ2) is 6.49. The van der Waals surface area contributed by atoms with E-state index in [2.05, 4.69) is 20.4 Å². The van der Waals surface area contributed by atoms with Gasteiger partial charge < -0.3 is 10.3 Å². The number of H-pyrrole nitrogens is 1. The number of amides is 1. The summed E-state index contributed by atoms with van der Waals surface area (Å²) in [5.74, 6) is -0.399. The fraction of sp³-hybridized carbons (Fsp3) is 0.176. The molecule has 1 atom stereocenters. The van der Waals surface area contributed by atoms with Gasteiger partial charge in [-0.05, 0) is 43.7 Å². The van der Waals surface area contributed by atoms with Crippen LogP contribution in [0.15, 0.2) is 53.8 Å². The summed E-state index contributed by atoms with van der Waals surface area (Å²) in [5, 5.41) is 6.90. The average Bonchev–Trinajstić information content (AvgIpc) is 3.09. The van der Waals surface area contributed by atoms with Crippen LogP contribution < -0.4 is 10.9 Å². The molecule has 1 aromatic carbocycles. The van der Waals surface area contributed by atoms with E-state index in [0.717, 1.165) is 11.3 Å². The molecular weight excluding hydrogens is 306 g/mol. The van der Waals surface area contributed by atoms with Crippen molar-refractivity contribution in [2.45, 2.75) is 19.9 Å². The Labute approximate surface area is 138 Å². The van der Waals surface area contributed by atoms with E-state index in [-0.39, 0.29) is 17.2 Å². The number of carbonyl (C=O) groups excluding carboxylic acids is 1. The maximum absolute atomic E-state index is 12.3. The summed E-state index contributed by atoms with van der Waals surface area (Å²) in [6, 6.07) is 10.6. The third-order valence-electron chi connectivity index (χ3n) is 3.72. The van der Waals surface area contributed by atoms with E-state index in [4.69, 9.17) is 0 Å². The molecule has 0 aliphatic carbocycles. The molecule has 0 unspecified atom stereocenters. The standard InChI is InChI=1S/C17H17N5O2/c1-11-3-8-15(16(23)20-11)17(24)21-12(2)13-4-6-14(7-5-13)22-10-18-9-19-22/h3-10,12H,1-2H3,(H,20,23)(H,21,24)/t12-/m1/s1. The van der Waals surface area contributed by atoms with Gasteiger partial charge in [-0.1, -0.05) is 12.1 Å². The van der Waals surface area contributed by atoms with Crippen molar-refractivity contribution in [1.82, 2.24) is 25.1 Å². The molecule has 7 heteroatoms. The molecule has 2 N–H and O–H groups in total. The van der Waals surface area contributed by atoms with Gasteiger partial charge >= 0.3 is 0 Å². The van der Waals surface area contributed by atoms with Crippen molar-refractivity contribution in [2.75, 3.05) is 0 Å². The van der Waals surface area contributed by atoms with E-state index in [1.165, 1.54) is 12.4 Å². The maximum Gasteiger partial charge on any atom is 0.260 e. The van der Waals surface area contributed by atoms with E-state index in [0.29, 0.717) is 5.69 Å². The number of nitrogens with zero attached hydrogens (tertiary/aromatic N) is 3. The molecule has 0 radical (unpaired) electrons. The normalized spacial score (nSPS) is 11.9. The molecule has 7 nitrogen and oxygen atoms in total. The Hall–Kier alpha value is -3.22. The second-order valence-corrected chi connectivity index (χ2v) is 5.51. The first kappa shape index (κ1) is 15.7. The summed E-state index contributed by atoms with van der Waals surface area (Å²) in [4.78, 5) is 30.6. The van der Waals surface area contributed by atoms with Crippen LogP contribution in [0, 0.1) is 6.92 Å². The van der Waals surface area contributed by atoms with E-state index >= 15 is 0 Å². The molecule has 0 saturated heterocycles. The largest absolute Gasteiger partial charge is 0.345 e. The van der Waals surface area contributed by atoms with Gasteiger partial charge in [0.05, 0.1) is 11.7 Å². The van der Waals surface area contributed by atoms with Crippen LogP contribution in [0.25, 0.3) is 5.69 Å². The van der Waals surface area contributed by atoms with Gasteiger partial charge in [0.1, 0.15) is 18.2 Å². The van der Waals surface area contributed by atoms with Crippen LogP contribution >= 0.6 is 0 Å². The first-order valence-corrected chi connectivity index (χ1v) is 7.50.